The minimum absolute atomic E-state index is 0.280. The Balaban J connectivity index is 2.00. The van der Waals surface area contributed by atoms with Crippen molar-refractivity contribution in [1.29, 1.82) is 0 Å². The Bertz CT molecular complexity index is 786. The summed E-state index contributed by atoms with van der Waals surface area (Å²) in [5, 5.41) is 2.74. The van der Waals surface area contributed by atoms with Gasteiger partial charge in [0.15, 0.2) is 17.6 Å². The molecule has 1 N–H and O–H groups in total. The quantitative estimate of drug-likeness (QED) is 0.714. The highest BCUT2D eigenvalue weighted by Gasteiger charge is 2.20. The fourth-order valence-electron chi connectivity index (χ4n) is 2.42. The molecule has 1 amide bonds. The second-order valence-corrected chi connectivity index (χ2v) is 5.89. The first-order chi connectivity index (χ1) is 13.0. The molecule has 0 aromatic heterocycles. The molecule has 0 fully saturated rings. The van der Waals surface area contributed by atoms with E-state index in [9.17, 15) is 9.59 Å². The second kappa shape index (κ2) is 9.62. The first kappa shape index (κ1) is 20.3. The molecule has 6 heteroatoms. The number of methoxy groups -OCH3 is 1. The Morgan fingerprint density at radius 2 is 1.74 bits per heavy atom. The van der Waals surface area contributed by atoms with Crippen LogP contribution in [0, 0.1) is 0 Å². The van der Waals surface area contributed by atoms with Gasteiger partial charge in [0.05, 0.1) is 19.3 Å². The topological polar surface area (TPSA) is 73.9 Å². The van der Waals surface area contributed by atoms with Crippen LogP contribution >= 0.6 is 0 Å². The molecule has 0 aliphatic carbocycles. The molecule has 2 rings (SSSR count). The van der Waals surface area contributed by atoms with Gasteiger partial charge in [-0.05, 0) is 56.2 Å². The summed E-state index contributed by atoms with van der Waals surface area (Å²) >= 11 is 0. The minimum atomic E-state index is -0.944. The third-order valence-electron chi connectivity index (χ3n) is 3.98. The summed E-state index contributed by atoms with van der Waals surface area (Å²) in [6.07, 6.45) is -0.0192. The van der Waals surface area contributed by atoms with Gasteiger partial charge in [-0.2, -0.15) is 0 Å². The summed E-state index contributed by atoms with van der Waals surface area (Å²) in [4.78, 5) is 24.6. The van der Waals surface area contributed by atoms with Gasteiger partial charge in [0.1, 0.15) is 0 Å². The van der Waals surface area contributed by atoms with E-state index >= 15 is 0 Å². The van der Waals surface area contributed by atoms with E-state index in [4.69, 9.17) is 14.2 Å². The molecule has 2 aromatic rings. The lowest BCUT2D eigenvalue weighted by Crippen LogP contribution is -2.30. The van der Waals surface area contributed by atoms with E-state index < -0.39 is 18.0 Å². The van der Waals surface area contributed by atoms with Crippen LogP contribution < -0.4 is 14.8 Å². The summed E-state index contributed by atoms with van der Waals surface area (Å²) in [5.41, 5.74) is 2.11. The number of ether oxygens (including phenoxy) is 3. The van der Waals surface area contributed by atoms with Crippen molar-refractivity contribution in [2.75, 3.05) is 19.0 Å². The number of aryl methyl sites for hydroxylation is 1. The maximum atomic E-state index is 12.3. The van der Waals surface area contributed by atoms with Crippen molar-refractivity contribution >= 4 is 17.6 Å². The van der Waals surface area contributed by atoms with Crippen molar-refractivity contribution in [3.63, 3.8) is 0 Å². The number of hydrogen-bond acceptors (Lipinski definition) is 5. The predicted octanol–water partition coefficient (Wildman–Crippen LogP) is 3.84. The molecular formula is C21H25NO5. The summed E-state index contributed by atoms with van der Waals surface area (Å²) in [7, 11) is 1.49. The zero-order chi connectivity index (χ0) is 19.8. The number of amides is 1. The zero-order valence-corrected chi connectivity index (χ0v) is 16.1. The monoisotopic (exact) mass is 371 g/mol. The van der Waals surface area contributed by atoms with E-state index in [0.717, 1.165) is 6.42 Å². The van der Waals surface area contributed by atoms with Crippen LogP contribution in [0.2, 0.25) is 0 Å². The van der Waals surface area contributed by atoms with Crippen molar-refractivity contribution in [3.05, 3.63) is 53.6 Å². The van der Waals surface area contributed by atoms with Crippen molar-refractivity contribution in [3.8, 4) is 11.5 Å². The zero-order valence-electron chi connectivity index (χ0n) is 16.1. The molecular weight excluding hydrogens is 346 g/mol. The molecule has 0 aliphatic heterocycles. The second-order valence-electron chi connectivity index (χ2n) is 5.89. The number of anilines is 1. The Kier molecular flexibility index (Phi) is 7.23. The van der Waals surface area contributed by atoms with Gasteiger partial charge in [0.25, 0.3) is 5.91 Å². The van der Waals surface area contributed by atoms with Crippen molar-refractivity contribution in [1.82, 2.24) is 0 Å². The first-order valence-electron chi connectivity index (χ1n) is 8.90. The number of rotatable bonds is 8. The largest absolute Gasteiger partial charge is 0.493 e. The highest BCUT2D eigenvalue weighted by molar-refractivity contribution is 5.97. The third-order valence-corrected chi connectivity index (χ3v) is 3.98. The van der Waals surface area contributed by atoms with Crippen LogP contribution in [0.5, 0.6) is 11.5 Å². The van der Waals surface area contributed by atoms with Crippen LogP contribution in [-0.4, -0.2) is 31.7 Å². The lowest BCUT2D eigenvalue weighted by molar-refractivity contribution is -0.123. The molecule has 0 saturated carbocycles. The van der Waals surface area contributed by atoms with E-state index in [0.29, 0.717) is 23.8 Å². The SMILES string of the molecule is CCOc1ccc(C(=O)O[C@H](C)C(=O)Nc2ccc(CC)cc2)cc1OC. The first-order valence-corrected chi connectivity index (χ1v) is 8.90. The molecule has 0 aliphatic rings. The highest BCUT2D eigenvalue weighted by atomic mass is 16.5. The fourth-order valence-corrected chi connectivity index (χ4v) is 2.42. The van der Waals surface area contributed by atoms with Gasteiger partial charge < -0.3 is 19.5 Å². The van der Waals surface area contributed by atoms with Crippen LogP contribution in [0.3, 0.4) is 0 Å². The number of carbonyl (C=O) groups is 2. The van der Waals surface area contributed by atoms with E-state index in [1.165, 1.54) is 25.7 Å². The molecule has 1 atom stereocenters. The average Bonchev–Trinajstić information content (AvgIpc) is 2.68. The molecule has 0 unspecified atom stereocenters. The normalized spacial score (nSPS) is 11.4. The number of esters is 1. The number of nitrogens with one attached hydrogen (secondary N) is 1. The summed E-state index contributed by atoms with van der Waals surface area (Å²) in [6.45, 7) is 5.93. The molecule has 144 valence electrons. The number of carbonyl (C=O) groups excluding carboxylic acids is 2. The maximum absolute atomic E-state index is 12.3. The standard InChI is InChI=1S/C21H25NO5/c1-5-15-7-10-17(11-8-15)22-20(23)14(3)27-21(24)16-9-12-18(26-6-2)19(13-16)25-4/h7-14H,5-6H2,1-4H3,(H,22,23)/t14-/m1/s1. The average molecular weight is 371 g/mol. The van der Waals surface area contributed by atoms with Gasteiger partial charge in [0, 0.05) is 5.69 Å². The third kappa shape index (κ3) is 5.48. The van der Waals surface area contributed by atoms with Crippen molar-refractivity contribution in [2.24, 2.45) is 0 Å². The van der Waals surface area contributed by atoms with Crippen LogP contribution in [0.25, 0.3) is 0 Å². The number of hydrogen-bond donors (Lipinski definition) is 1. The molecule has 0 heterocycles. The van der Waals surface area contributed by atoms with Gasteiger partial charge in [-0.1, -0.05) is 19.1 Å². The lowest BCUT2D eigenvalue weighted by Gasteiger charge is -2.15. The summed E-state index contributed by atoms with van der Waals surface area (Å²) in [6, 6.07) is 12.3. The highest BCUT2D eigenvalue weighted by Crippen LogP contribution is 2.28. The Morgan fingerprint density at radius 1 is 1.04 bits per heavy atom. The molecule has 0 bridgehead atoms. The maximum Gasteiger partial charge on any atom is 0.339 e. The molecule has 27 heavy (non-hydrogen) atoms. The predicted molar refractivity (Wildman–Crippen MR) is 103 cm³/mol. The van der Waals surface area contributed by atoms with Gasteiger partial charge >= 0.3 is 5.97 Å². The Labute approximate surface area is 159 Å². The van der Waals surface area contributed by atoms with Crippen LogP contribution in [-0.2, 0) is 16.0 Å². The van der Waals surface area contributed by atoms with Crippen molar-refractivity contribution in [2.45, 2.75) is 33.3 Å². The fraction of sp³-hybridized carbons (Fsp3) is 0.333. The molecule has 0 spiro atoms. The minimum Gasteiger partial charge on any atom is -0.493 e. The molecule has 0 radical (unpaired) electrons. The van der Waals surface area contributed by atoms with Gasteiger partial charge in [-0.25, -0.2) is 4.79 Å². The molecule has 2 aromatic carbocycles. The summed E-state index contributed by atoms with van der Waals surface area (Å²) in [5.74, 6) is -0.0388. The van der Waals surface area contributed by atoms with Gasteiger partial charge in [-0.15, -0.1) is 0 Å². The van der Waals surface area contributed by atoms with E-state index in [-0.39, 0.29) is 5.56 Å². The molecule has 6 nitrogen and oxygen atoms in total. The number of benzene rings is 2. The van der Waals surface area contributed by atoms with Gasteiger partial charge in [-0.3, -0.25) is 4.79 Å². The molecule has 0 saturated heterocycles. The van der Waals surface area contributed by atoms with Crippen LogP contribution in [0.15, 0.2) is 42.5 Å². The van der Waals surface area contributed by atoms with E-state index in [1.54, 1.807) is 12.1 Å². The smallest absolute Gasteiger partial charge is 0.339 e. The Hall–Kier alpha value is -3.02. The van der Waals surface area contributed by atoms with Crippen LogP contribution in [0.4, 0.5) is 5.69 Å². The van der Waals surface area contributed by atoms with Gasteiger partial charge in [0.2, 0.25) is 0 Å². The lowest BCUT2D eigenvalue weighted by atomic mass is 10.1. The Morgan fingerprint density at radius 3 is 2.33 bits per heavy atom. The summed E-state index contributed by atoms with van der Waals surface area (Å²) < 4.78 is 15.9. The van der Waals surface area contributed by atoms with E-state index in [1.807, 2.05) is 31.2 Å². The van der Waals surface area contributed by atoms with Crippen molar-refractivity contribution < 1.29 is 23.8 Å². The van der Waals surface area contributed by atoms with E-state index in [2.05, 4.69) is 12.2 Å². The van der Waals surface area contributed by atoms with Crippen LogP contribution in [0.1, 0.15) is 36.7 Å².